The third-order valence-corrected chi connectivity index (χ3v) is 9.17. The zero-order valence-corrected chi connectivity index (χ0v) is 27.5. The predicted molar refractivity (Wildman–Crippen MR) is 160 cm³/mol. The molecule has 0 unspecified atom stereocenters. The van der Waals surface area contributed by atoms with Gasteiger partial charge < -0.3 is 18.7 Å². The van der Waals surface area contributed by atoms with Crippen LogP contribution in [0.3, 0.4) is 0 Å². The molecular formula is C30H46O4SSi2. The molecule has 0 aliphatic heterocycles. The molecule has 1 aromatic heterocycles. The van der Waals surface area contributed by atoms with E-state index in [0.717, 1.165) is 28.2 Å². The van der Waals surface area contributed by atoms with Gasteiger partial charge in [-0.2, -0.15) is 0 Å². The summed E-state index contributed by atoms with van der Waals surface area (Å²) in [4.78, 5) is 2.33. The average Bonchev–Trinajstić information content (AvgIpc) is 3.26. The van der Waals surface area contributed by atoms with Crippen LogP contribution in [0.1, 0.15) is 103 Å². The Kier molecular flexibility index (Phi) is 11.0. The van der Waals surface area contributed by atoms with Gasteiger partial charge in [0, 0.05) is 9.75 Å². The molecular weight excluding hydrogens is 513 g/mol. The van der Waals surface area contributed by atoms with Gasteiger partial charge in [0.15, 0.2) is 0 Å². The zero-order chi connectivity index (χ0) is 28.1. The SMILES string of the molecule is CCC(=CCO)c1ccc(COc2ccc(C(C)(C)O[Si]C(C)(C)C)c(C(C)(C)O[Si]C(C)(C)C)c2)s1. The van der Waals surface area contributed by atoms with Crippen molar-refractivity contribution in [2.75, 3.05) is 6.61 Å². The molecule has 4 radical (unpaired) electrons. The highest BCUT2D eigenvalue weighted by atomic mass is 32.1. The van der Waals surface area contributed by atoms with Crippen molar-refractivity contribution in [1.29, 1.82) is 0 Å². The molecule has 0 saturated heterocycles. The fourth-order valence-electron chi connectivity index (χ4n) is 3.62. The van der Waals surface area contributed by atoms with Gasteiger partial charge in [-0.25, -0.2) is 0 Å². The van der Waals surface area contributed by atoms with Crippen molar-refractivity contribution in [3.63, 3.8) is 0 Å². The summed E-state index contributed by atoms with van der Waals surface area (Å²) in [6.45, 7) is 24.5. The molecule has 0 bridgehead atoms. The summed E-state index contributed by atoms with van der Waals surface area (Å²) in [7, 11) is 0.743. The van der Waals surface area contributed by atoms with Crippen LogP contribution in [-0.2, 0) is 26.7 Å². The van der Waals surface area contributed by atoms with Gasteiger partial charge in [-0.1, -0.05) is 60.6 Å². The largest absolute Gasteiger partial charge is 0.488 e. The van der Waals surface area contributed by atoms with Gasteiger partial charge in [0.05, 0.1) is 17.8 Å². The van der Waals surface area contributed by atoms with E-state index in [4.69, 9.17) is 13.6 Å². The minimum absolute atomic E-state index is 0.0615. The van der Waals surface area contributed by atoms with Gasteiger partial charge in [-0.15, -0.1) is 11.3 Å². The summed E-state index contributed by atoms with van der Waals surface area (Å²) in [5.41, 5.74) is 2.41. The van der Waals surface area contributed by atoms with Crippen LogP contribution in [0.15, 0.2) is 36.4 Å². The number of ether oxygens (including phenoxy) is 1. The number of aliphatic hydroxyl groups is 1. The Morgan fingerprint density at radius 2 is 1.41 bits per heavy atom. The third kappa shape index (κ3) is 10.1. The number of allylic oxidation sites excluding steroid dienone is 1. The Morgan fingerprint density at radius 3 is 1.92 bits per heavy atom. The first-order valence-electron chi connectivity index (χ1n) is 13.0. The van der Waals surface area contributed by atoms with E-state index in [1.165, 1.54) is 10.5 Å². The van der Waals surface area contributed by atoms with Crippen molar-refractivity contribution in [1.82, 2.24) is 0 Å². The zero-order valence-electron chi connectivity index (χ0n) is 24.7. The van der Waals surface area contributed by atoms with E-state index in [-0.39, 0.29) is 16.7 Å². The lowest BCUT2D eigenvalue weighted by atomic mass is 9.85. The molecule has 0 aliphatic carbocycles. The van der Waals surface area contributed by atoms with E-state index >= 15 is 0 Å². The molecule has 2 aromatic rings. The first-order chi connectivity index (χ1) is 17.0. The van der Waals surface area contributed by atoms with E-state index in [1.54, 1.807) is 11.3 Å². The smallest absolute Gasteiger partial charge is 0.236 e. The lowest BCUT2D eigenvalue weighted by molar-refractivity contribution is 0.0826. The molecule has 1 aromatic carbocycles. The van der Waals surface area contributed by atoms with Crippen LogP contribution in [0.4, 0.5) is 0 Å². The van der Waals surface area contributed by atoms with Crippen molar-refractivity contribution < 1.29 is 18.7 Å². The van der Waals surface area contributed by atoms with Crippen LogP contribution in [-0.4, -0.2) is 31.2 Å². The standard InChI is InChI=1S/C30H46O4SSi2/c1-12-21(17-18-31)26-16-14-23(35-26)20-32-22-13-15-24(29(8,9)33-36-27(2,3)4)25(19-22)30(10,11)34-37-28(5,6)7/h13-17,19,31H,12,18,20H2,1-11H3. The molecule has 204 valence electrons. The number of rotatable bonds is 12. The maximum Gasteiger partial charge on any atom is 0.236 e. The normalized spacial score (nSPS) is 13.8. The van der Waals surface area contributed by atoms with Gasteiger partial charge in [-0.3, -0.25) is 0 Å². The maximum atomic E-state index is 9.30. The van der Waals surface area contributed by atoms with Crippen LogP contribution in [0.2, 0.25) is 10.1 Å². The average molecular weight is 559 g/mol. The molecule has 0 atom stereocenters. The summed E-state index contributed by atoms with van der Waals surface area (Å²) in [6.07, 6.45) is 2.77. The molecule has 2 rings (SSSR count). The summed E-state index contributed by atoms with van der Waals surface area (Å²) in [5, 5.41) is 9.49. The van der Waals surface area contributed by atoms with Crippen LogP contribution in [0, 0.1) is 0 Å². The van der Waals surface area contributed by atoms with Crippen molar-refractivity contribution in [2.45, 2.75) is 110 Å². The lowest BCUT2D eigenvalue weighted by Gasteiger charge is -2.37. The molecule has 1 N–H and O–H groups in total. The van der Waals surface area contributed by atoms with E-state index in [0.29, 0.717) is 26.1 Å². The fourth-order valence-corrected chi connectivity index (χ4v) is 5.99. The van der Waals surface area contributed by atoms with Crippen molar-refractivity contribution in [3.8, 4) is 5.75 Å². The lowest BCUT2D eigenvalue weighted by Crippen LogP contribution is -2.34. The molecule has 7 heteroatoms. The number of hydrogen-bond donors (Lipinski definition) is 1. The molecule has 0 saturated carbocycles. The molecule has 0 aliphatic rings. The molecule has 4 nitrogen and oxygen atoms in total. The molecule has 0 fully saturated rings. The second-order valence-corrected chi connectivity index (χ2v) is 17.4. The summed E-state index contributed by atoms with van der Waals surface area (Å²) in [6, 6.07) is 10.5. The predicted octanol–water partition coefficient (Wildman–Crippen LogP) is 8.29. The molecule has 37 heavy (non-hydrogen) atoms. The van der Waals surface area contributed by atoms with Gasteiger partial charge in [0.1, 0.15) is 12.4 Å². The number of thiophene rings is 1. The van der Waals surface area contributed by atoms with Gasteiger partial charge in [0.25, 0.3) is 0 Å². The van der Waals surface area contributed by atoms with Crippen molar-refractivity contribution in [2.24, 2.45) is 0 Å². The van der Waals surface area contributed by atoms with Crippen LogP contribution in [0.25, 0.3) is 5.57 Å². The Bertz CT molecular complexity index is 1040. The highest BCUT2D eigenvalue weighted by Gasteiger charge is 2.34. The Morgan fingerprint density at radius 1 is 0.838 bits per heavy atom. The topological polar surface area (TPSA) is 47.9 Å². The number of aliphatic hydroxyl groups excluding tert-OH is 1. The Balaban J connectivity index is 2.36. The molecule has 0 spiro atoms. The quantitative estimate of drug-likeness (QED) is 0.266. The Hall–Kier alpha value is -1.23. The van der Waals surface area contributed by atoms with Crippen LogP contribution >= 0.6 is 11.3 Å². The molecule has 0 amide bonds. The highest BCUT2D eigenvalue weighted by molar-refractivity contribution is 7.13. The minimum Gasteiger partial charge on any atom is -0.488 e. The van der Waals surface area contributed by atoms with Crippen molar-refractivity contribution >= 4 is 36.4 Å². The molecule has 1 heterocycles. The number of benzene rings is 1. The first kappa shape index (κ1) is 32.0. The van der Waals surface area contributed by atoms with Crippen LogP contribution in [0.5, 0.6) is 5.75 Å². The second kappa shape index (κ2) is 12.8. The van der Waals surface area contributed by atoms with Crippen molar-refractivity contribution in [3.05, 3.63) is 57.3 Å². The fraction of sp³-hybridized carbons (Fsp3) is 0.600. The summed E-state index contributed by atoms with van der Waals surface area (Å²) in [5.74, 6) is 0.820. The van der Waals surface area contributed by atoms with Gasteiger partial charge >= 0.3 is 0 Å². The highest BCUT2D eigenvalue weighted by Crippen LogP contribution is 2.40. The second-order valence-electron chi connectivity index (χ2n) is 12.5. The van der Waals surface area contributed by atoms with Crippen LogP contribution < -0.4 is 4.74 Å². The first-order valence-corrected chi connectivity index (χ1v) is 15.7. The Labute approximate surface area is 234 Å². The summed E-state index contributed by atoms with van der Waals surface area (Å²) >= 11 is 1.71. The third-order valence-electron chi connectivity index (χ3n) is 5.59. The monoisotopic (exact) mass is 558 g/mol. The van der Waals surface area contributed by atoms with E-state index < -0.39 is 11.2 Å². The number of hydrogen-bond acceptors (Lipinski definition) is 5. The van der Waals surface area contributed by atoms with E-state index in [9.17, 15) is 5.11 Å². The van der Waals surface area contributed by atoms with Gasteiger partial charge in [0.2, 0.25) is 19.5 Å². The maximum absolute atomic E-state index is 9.30. The minimum atomic E-state index is -0.507. The van der Waals surface area contributed by atoms with E-state index in [1.807, 2.05) is 12.1 Å². The summed E-state index contributed by atoms with van der Waals surface area (Å²) < 4.78 is 19.3. The van der Waals surface area contributed by atoms with Gasteiger partial charge in [-0.05, 0) is 85.2 Å². The van der Waals surface area contributed by atoms with E-state index in [2.05, 4.69) is 100 Å².